The number of sulfonamides is 1. The van der Waals surface area contributed by atoms with Crippen LogP contribution in [0.1, 0.15) is 18.9 Å². The van der Waals surface area contributed by atoms with Crippen molar-refractivity contribution in [2.24, 2.45) is 0 Å². The molecule has 8 heteroatoms. The molecule has 0 fully saturated rings. The average Bonchev–Trinajstić information content (AvgIpc) is 2.74. The molecule has 31 heavy (non-hydrogen) atoms. The van der Waals surface area contributed by atoms with Crippen molar-refractivity contribution in [2.75, 3.05) is 17.7 Å². The monoisotopic (exact) mass is 460 g/mol. The van der Waals surface area contributed by atoms with Crippen LogP contribution in [-0.4, -0.2) is 33.7 Å². The molecule has 0 heterocycles. The molecule has 0 spiro atoms. The van der Waals surface area contributed by atoms with Gasteiger partial charge in [-0.3, -0.25) is 9.10 Å². The molecule has 164 valence electrons. The van der Waals surface area contributed by atoms with E-state index in [9.17, 15) is 13.2 Å². The molecule has 1 atom stereocenters. The number of rotatable bonds is 8. The molecule has 3 aromatic carbocycles. The van der Waals surface area contributed by atoms with E-state index in [1.54, 1.807) is 19.1 Å². The van der Waals surface area contributed by atoms with E-state index >= 15 is 0 Å². The predicted molar refractivity (Wildman–Crippen MR) is 125 cm³/mol. The number of amides is 1. The Labute approximate surface area is 187 Å². The number of carbonyl (C=O) groups is 1. The molecule has 6 nitrogen and oxygen atoms in total. The van der Waals surface area contributed by atoms with Gasteiger partial charge in [-0.1, -0.05) is 54.9 Å². The lowest BCUT2D eigenvalue weighted by atomic mass is 10.1. The number of halogens is 1. The zero-order chi connectivity index (χ0) is 22.6. The van der Waals surface area contributed by atoms with Crippen molar-refractivity contribution in [2.45, 2.75) is 25.9 Å². The maximum absolute atomic E-state index is 13.1. The van der Waals surface area contributed by atoms with E-state index in [0.717, 1.165) is 26.9 Å². The Kier molecular flexibility index (Phi) is 7.08. The highest BCUT2D eigenvalue weighted by atomic mass is 35.5. The molecule has 0 aromatic heterocycles. The number of anilines is 1. The van der Waals surface area contributed by atoms with Gasteiger partial charge in [0.2, 0.25) is 15.9 Å². The van der Waals surface area contributed by atoms with Crippen LogP contribution in [0.2, 0.25) is 5.02 Å². The van der Waals surface area contributed by atoms with Crippen molar-refractivity contribution in [3.63, 3.8) is 0 Å². The Hall–Kier alpha value is -2.77. The van der Waals surface area contributed by atoms with Crippen LogP contribution in [0.15, 0.2) is 60.7 Å². The smallest absolute Gasteiger partial charge is 0.244 e. The first kappa shape index (κ1) is 22.9. The SMILES string of the molecule is CCC(C(=O)NCc1ccc2ccccc2c1)N(c1cc(Cl)ccc1OC)S(C)(=O)=O. The molecule has 0 aliphatic carbocycles. The number of ether oxygens (including phenoxy) is 1. The minimum Gasteiger partial charge on any atom is -0.495 e. The number of hydrogen-bond donors (Lipinski definition) is 1. The summed E-state index contributed by atoms with van der Waals surface area (Å²) in [5.41, 5.74) is 1.15. The summed E-state index contributed by atoms with van der Waals surface area (Å²) in [4.78, 5) is 13.1. The molecular weight excluding hydrogens is 436 g/mol. The van der Waals surface area contributed by atoms with E-state index in [4.69, 9.17) is 16.3 Å². The number of nitrogens with one attached hydrogen (secondary N) is 1. The van der Waals surface area contributed by atoms with Gasteiger partial charge in [0.05, 0.1) is 19.1 Å². The molecule has 0 bridgehead atoms. The van der Waals surface area contributed by atoms with Crippen LogP contribution < -0.4 is 14.4 Å². The molecule has 0 saturated carbocycles. The lowest BCUT2D eigenvalue weighted by Gasteiger charge is -2.31. The van der Waals surface area contributed by atoms with Crippen LogP contribution in [0, 0.1) is 0 Å². The second kappa shape index (κ2) is 9.58. The highest BCUT2D eigenvalue weighted by Gasteiger charge is 2.33. The first-order chi connectivity index (χ1) is 14.7. The molecule has 1 amide bonds. The summed E-state index contributed by atoms with van der Waals surface area (Å²) in [7, 11) is -2.36. The molecule has 0 saturated heterocycles. The van der Waals surface area contributed by atoms with Gasteiger partial charge in [-0.25, -0.2) is 8.42 Å². The predicted octanol–water partition coefficient (Wildman–Crippen LogP) is 4.36. The van der Waals surface area contributed by atoms with E-state index in [2.05, 4.69) is 5.32 Å². The van der Waals surface area contributed by atoms with Gasteiger partial charge in [-0.05, 0) is 47.0 Å². The Morgan fingerprint density at radius 2 is 1.81 bits per heavy atom. The van der Waals surface area contributed by atoms with Gasteiger partial charge >= 0.3 is 0 Å². The Bertz CT molecular complexity index is 1200. The van der Waals surface area contributed by atoms with Crippen LogP contribution in [-0.2, 0) is 21.4 Å². The van der Waals surface area contributed by atoms with Crippen molar-refractivity contribution in [1.29, 1.82) is 0 Å². The van der Waals surface area contributed by atoms with E-state index in [1.165, 1.54) is 13.2 Å². The highest BCUT2D eigenvalue weighted by Crippen LogP contribution is 2.34. The summed E-state index contributed by atoms with van der Waals surface area (Å²) >= 11 is 6.11. The molecule has 0 radical (unpaired) electrons. The number of hydrogen-bond acceptors (Lipinski definition) is 4. The number of carbonyl (C=O) groups excluding carboxylic acids is 1. The van der Waals surface area contributed by atoms with Crippen molar-refractivity contribution in [3.8, 4) is 5.75 Å². The minimum atomic E-state index is -3.80. The Morgan fingerprint density at radius 3 is 2.45 bits per heavy atom. The third-order valence-electron chi connectivity index (χ3n) is 4.99. The fraction of sp³-hybridized carbons (Fsp3) is 0.261. The lowest BCUT2D eigenvalue weighted by Crippen LogP contribution is -2.49. The minimum absolute atomic E-state index is 0.227. The molecular formula is C23H25ClN2O4S. The summed E-state index contributed by atoms with van der Waals surface area (Å²) in [6, 6.07) is 17.6. The maximum atomic E-state index is 13.1. The van der Waals surface area contributed by atoms with Gasteiger partial charge in [0.25, 0.3) is 0 Å². The number of nitrogens with zero attached hydrogens (tertiary/aromatic N) is 1. The van der Waals surface area contributed by atoms with Gasteiger partial charge in [0.15, 0.2) is 0 Å². The standard InChI is InChI=1S/C23H25ClN2O4S/c1-4-20(26(31(3,28)29)21-14-19(24)11-12-22(21)30-2)23(27)25-15-16-9-10-17-7-5-6-8-18(17)13-16/h5-14,20H,4,15H2,1-3H3,(H,25,27). The molecule has 3 aromatic rings. The van der Waals surface area contributed by atoms with Crippen molar-refractivity contribution in [3.05, 3.63) is 71.2 Å². The summed E-state index contributed by atoms with van der Waals surface area (Å²) in [6.07, 6.45) is 1.33. The van der Waals surface area contributed by atoms with Crippen LogP contribution in [0.3, 0.4) is 0 Å². The third-order valence-corrected chi connectivity index (χ3v) is 6.39. The van der Waals surface area contributed by atoms with Crippen LogP contribution >= 0.6 is 11.6 Å². The van der Waals surface area contributed by atoms with Gasteiger partial charge in [-0.15, -0.1) is 0 Å². The Morgan fingerprint density at radius 1 is 1.10 bits per heavy atom. The summed E-state index contributed by atoms with van der Waals surface area (Å²) in [5.74, 6) is -0.0845. The molecule has 0 aliphatic rings. The lowest BCUT2D eigenvalue weighted by molar-refractivity contribution is -0.122. The Balaban J connectivity index is 1.88. The molecule has 3 rings (SSSR count). The third kappa shape index (κ3) is 5.29. The molecule has 0 aliphatic heterocycles. The first-order valence-electron chi connectivity index (χ1n) is 9.83. The highest BCUT2D eigenvalue weighted by molar-refractivity contribution is 7.92. The first-order valence-corrected chi connectivity index (χ1v) is 12.1. The van der Waals surface area contributed by atoms with Crippen molar-refractivity contribution < 1.29 is 17.9 Å². The molecule has 1 N–H and O–H groups in total. The van der Waals surface area contributed by atoms with E-state index < -0.39 is 22.0 Å². The number of methoxy groups -OCH3 is 1. The fourth-order valence-electron chi connectivity index (χ4n) is 3.53. The zero-order valence-corrected chi connectivity index (χ0v) is 19.2. The fourth-order valence-corrected chi connectivity index (χ4v) is 4.90. The normalized spacial score (nSPS) is 12.4. The van der Waals surface area contributed by atoms with E-state index in [-0.39, 0.29) is 18.7 Å². The quantitative estimate of drug-likeness (QED) is 0.541. The second-order valence-electron chi connectivity index (χ2n) is 7.20. The number of fused-ring (bicyclic) bond motifs is 1. The maximum Gasteiger partial charge on any atom is 0.244 e. The second-order valence-corrected chi connectivity index (χ2v) is 9.49. The van der Waals surface area contributed by atoms with E-state index in [0.29, 0.717) is 10.8 Å². The van der Waals surface area contributed by atoms with Gasteiger partial charge in [0, 0.05) is 11.6 Å². The van der Waals surface area contributed by atoms with Gasteiger partial charge in [0.1, 0.15) is 11.8 Å². The summed E-state index contributed by atoms with van der Waals surface area (Å²) in [6.45, 7) is 2.04. The summed E-state index contributed by atoms with van der Waals surface area (Å²) < 4.78 is 31.8. The van der Waals surface area contributed by atoms with Crippen LogP contribution in [0.4, 0.5) is 5.69 Å². The summed E-state index contributed by atoms with van der Waals surface area (Å²) in [5, 5.41) is 5.40. The molecule has 1 unspecified atom stereocenters. The number of benzene rings is 3. The average molecular weight is 461 g/mol. The van der Waals surface area contributed by atoms with Crippen LogP contribution in [0.5, 0.6) is 5.75 Å². The van der Waals surface area contributed by atoms with E-state index in [1.807, 2.05) is 42.5 Å². The largest absolute Gasteiger partial charge is 0.495 e. The van der Waals surface area contributed by atoms with Gasteiger partial charge in [-0.2, -0.15) is 0 Å². The zero-order valence-electron chi connectivity index (χ0n) is 17.6. The van der Waals surface area contributed by atoms with Crippen LogP contribution in [0.25, 0.3) is 10.8 Å². The van der Waals surface area contributed by atoms with Crippen molar-refractivity contribution >= 4 is 44.0 Å². The van der Waals surface area contributed by atoms with Gasteiger partial charge < -0.3 is 10.1 Å². The van der Waals surface area contributed by atoms with Crippen molar-refractivity contribution in [1.82, 2.24) is 5.32 Å². The topological polar surface area (TPSA) is 75.7 Å².